The Bertz CT molecular complexity index is 894. The molecule has 3 aromatic rings. The summed E-state index contributed by atoms with van der Waals surface area (Å²) >= 11 is 0. The van der Waals surface area contributed by atoms with Crippen molar-refractivity contribution in [3.63, 3.8) is 0 Å². The number of rotatable bonds is 4. The molecule has 1 aliphatic carbocycles. The molecular weight excluding hydrogens is 303 g/mol. The van der Waals surface area contributed by atoms with Crippen LogP contribution in [0.25, 0.3) is 10.9 Å². The number of carbonyl (C=O) groups is 1. The van der Waals surface area contributed by atoms with E-state index < -0.39 is 5.82 Å². The Balaban J connectivity index is 1.58. The number of nitrogens with one attached hydrogen (secondary N) is 1. The summed E-state index contributed by atoms with van der Waals surface area (Å²) in [7, 11) is 0. The van der Waals surface area contributed by atoms with Crippen molar-refractivity contribution in [2.24, 2.45) is 0 Å². The van der Waals surface area contributed by atoms with Gasteiger partial charge in [0.2, 0.25) is 0 Å². The Labute approximate surface area is 139 Å². The van der Waals surface area contributed by atoms with Gasteiger partial charge in [-0.15, -0.1) is 0 Å². The lowest BCUT2D eigenvalue weighted by molar-refractivity contribution is 0.0989. The largest absolute Gasteiger partial charge is 0.352 e. The second-order valence-electron chi connectivity index (χ2n) is 6.62. The molecule has 0 amide bonds. The van der Waals surface area contributed by atoms with E-state index in [2.05, 4.69) is 28.2 Å². The van der Waals surface area contributed by atoms with Crippen LogP contribution in [-0.2, 0) is 6.42 Å². The van der Waals surface area contributed by atoms with E-state index in [1.54, 1.807) is 0 Å². The van der Waals surface area contributed by atoms with Crippen LogP contribution in [0.15, 0.2) is 42.7 Å². The molecule has 0 atom stereocenters. The Morgan fingerprint density at radius 1 is 1.17 bits per heavy atom. The number of benzene rings is 1. The maximum absolute atomic E-state index is 13.2. The lowest BCUT2D eigenvalue weighted by Gasteiger charge is -2.08. The molecule has 2 aromatic heterocycles. The molecule has 4 heteroatoms. The zero-order valence-electron chi connectivity index (χ0n) is 13.4. The van der Waals surface area contributed by atoms with Gasteiger partial charge in [0.05, 0.1) is 11.9 Å². The number of fused-ring (bicyclic) bond motifs is 1. The first-order valence-corrected chi connectivity index (χ1v) is 8.44. The van der Waals surface area contributed by atoms with E-state index in [0.717, 1.165) is 17.1 Å². The smallest absolute Gasteiger partial charge is 0.183 e. The quantitative estimate of drug-likeness (QED) is 0.702. The summed E-state index contributed by atoms with van der Waals surface area (Å²) < 4.78 is 13.2. The van der Waals surface area contributed by atoms with Gasteiger partial charge in [0.1, 0.15) is 5.82 Å². The van der Waals surface area contributed by atoms with Gasteiger partial charge < -0.3 is 4.98 Å². The normalized spacial score (nSPS) is 15.2. The average Bonchev–Trinajstić information content (AvgIpc) is 3.23. The molecule has 0 spiro atoms. The molecule has 0 radical (unpaired) electrons. The van der Waals surface area contributed by atoms with Crippen molar-refractivity contribution >= 4 is 16.7 Å². The minimum absolute atomic E-state index is 0.0546. The van der Waals surface area contributed by atoms with E-state index in [9.17, 15) is 9.18 Å². The van der Waals surface area contributed by atoms with Crippen LogP contribution in [0.5, 0.6) is 0 Å². The van der Waals surface area contributed by atoms with Crippen LogP contribution in [0.4, 0.5) is 4.39 Å². The van der Waals surface area contributed by atoms with Crippen molar-refractivity contribution in [2.45, 2.75) is 38.0 Å². The van der Waals surface area contributed by atoms with Crippen LogP contribution < -0.4 is 0 Å². The summed E-state index contributed by atoms with van der Waals surface area (Å²) in [5.74, 6) is 0.181. The zero-order valence-corrected chi connectivity index (χ0v) is 13.4. The molecule has 0 saturated heterocycles. The second-order valence-corrected chi connectivity index (χ2v) is 6.62. The summed E-state index contributed by atoms with van der Waals surface area (Å²) in [6.45, 7) is 0. The van der Waals surface area contributed by atoms with Gasteiger partial charge in [-0.1, -0.05) is 18.9 Å². The number of pyridine rings is 1. The van der Waals surface area contributed by atoms with Crippen molar-refractivity contribution in [1.29, 1.82) is 0 Å². The first-order chi connectivity index (χ1) is 11.7. The summed E-state index contributed by atoms with van der Waals surface area (Å²) in [5, 5.41) is 1.07. The predicted octanol–water partition coefficient (Wildman–Crippen LogP) is 4.79. The highest BCUT2D eigenvalue weighted by atomic mass is 19.1. The van der Waals surface area contributed by atoms with E-state index >= 15 is 0 Å². The first-order valence-electron chi connectivity index (χ1n) is 8.44. The number of ketones is 1. The lowest BCUT2D eigenvalue weighted by atomic mass is 9.96. The molecule has 0 unspecified atom stereocenters. The van der Waals surface area contributed by atoms with Gasteiger partial charge in [-0.25, -0.2) is 4.39 Å². The van der Waals surface area contributed by atoms with Gasteiger partial charge in [-0.3, -0.25) is 9.78 Å². The molecule has 122 valence electrons. The number of nitrogens with zero attached hydrogens (tertiary/aromatic N) is 1. The standard InChI is InChI=1S/C20H19FN2O/c21-17-7-13(11-22-12-17)8-20(24)19-10-16-9-15(5-6-18(16)23-19)14-3-1-2-4-14/h5-7,9-12,14,23H,1-4,8H2. The Morgan fingerprint density at radius 3 is 2.79 bits per heavy atom. The van der Waals surface area contributed by atoms with Crippen molar-refractivity contribution < 1.29 is 9.18 Å². The highest BCUT2D eigenvalue weighted by Gasteiger charge is 2.18. The van der Waals surface area contributed by atoms with Crippen molar-refractivity contribution in [2.75, 3.05) is 0 Å². The minimum Gasteiger partial charge on any atom is -0.352 e. The number of carbonyl (C=O) groups excluding carboxylic acids is 1. The van der Waals surface area contributed by atoms with E-state index in [0.29, 0.717) is 17.2 Å². The van der Waals surface area contributed by atoms with Crippen LogP contribution in [0.2, 0.25) is 0 Å². The first kappa shape index (κ1) is 15.1. The highest BCUT2D eigenvalue weighted by molar-refractivity contribution is 6.00. The van der Waals surface area contributed by atoms with Crippen molar-refractivity contribution in [3.05, 3.63) is 65.4 Å². The van der Waals surface area contributed by atoms with E-state index in [4.69, 9.17) is 0 Å². The van der Waals surface area contributed by atoms with Crippen LogP contribution in [0, 0.1) is 5.82 Å². The third kappa shape index (κ3) is 2.96. The van der Waals surface area contributed by atoms with Gasteiger partial charge in [-0.05, 0) is 54.2 Å². The summed E-state index contributed by atoms with van der Waals surface area (Å²) in [6, 6.07) is 9.68. The Kier molecular flexibility index (Phi) is 3.89. The number of hydrogen-bond acceptors (Lipinski definition) is 2. The molecule has 1 aromatic carbocycles. The summed E-state index contributed by atoms with van der Waals surface area (Å²) in [5.41, 5.74) is 3.49. The molecule has 1 fully saturated rings. The third-order valence-corrected chi connectivity index (χ3v) is 4.90. The molecule has 0 aliphatic heterocycles. The fraction of sp³-hybridized carbons (Fsp3) is 0.300. The van der Waals surface area contributed by atoms with Gasteiger partial charge in [0.15, 0.2) is 5.78 Å². The molecule has 24 heavy (non-hydrogen) atoms. The van der Waals surface area contributed by atoms with Gasteiger partial charge in [0, 0.05) is 23.5 Å². The zero-order chi connectivity index (χ0) is 16.5. The Morgan fingerprint density at radius 2 is 2.00 bits per heavy atom. The molecule has 4 rings (SSSR count). The fourth-order valence-corrected chi connectivity index (χ4v) is 3.65. The number of halogens is 1. The van der Waals surface area contributed by atoms with Gasteiger partial charge >= 0.3 is 0 Å². The summed E-state index contributed by atoms with van der Waals surface area (Å²) in [4.78, 5) is 19.4. The number of H-pyrrole nitrogens is 1. The van der Waals surface area contributed by atoms with Crippen LogP contribution in [0.1, 0.15) is 53.2 Å². The molecule has 1 aliphatic rings. The lowest BCUT2D eigenvalue weighted by Crippen LogP contribution is -2.04. The number of aromatic amines is 1. The molecule has 3 nitrogen and oxygen atoms in total. The van der Waals surface area contributed by atoms with Crippen molar-refractivity contribution in [3.8, 4) is 0 Å². The second kappa shape index (κ2) is 6.19. The minimum atomic E-state index is -0.418. The maximum Gasteiger partial charge on any atom is 0.183 e. The van der Waals surface area contributed by atoms with Crippen LogP contribution in [-0.4, -0.2) is 15.8 Å². The summed E-state index contributed by atoms with van der Waals surface area (Å²) in [6.07, 6.45) is 7.95. The monoisotopic (exact) mass is 322 g/mol. The molecule has 1 N–H and O–H groups in total. The highest BCUT2D eigenvalue weighted by Crippen LogP contribution is 2.35. The Hall–Kier alpha value is -2.49. The third-order valence-electron chi connectivity index (χ3n) is 4.90. The molecule has 1 saturated carbocycles. The van der Waals surface area contributed by atoms with E-state index in [-0.39, 0.29) is 12.2 Å². The maximum atomic E-state index is 13.2. The van der Waals surface area contributed by atoms with Crippen molar-refractivity contribution in [1.82, 2.24) is 9.97 Å². The van der Waals surface area contributed by atoms with Crippen LogP contribution in [0.3, 0.4) is 0 Å². The number of hydrogen-bond donors (Lipinski definition) is 1. The number of aromatic nitrogens is 2. The SMILES string of the molecule is O=C(Cc1cncc(F)c1)c1cc2cc(C3CCCC3)ccc2[nH]1. The molecule has 2 heterocycles. The number of Topliss-reactive ketones (excluding diaryl/α,β-unsaturated/α-hetero) is 1. The van der Waals surface area contributed by atoms with Gasteiger partial charge in [-0.2, -0.15) is 0 Å². The van der Waals surface area contributed by atoms with Gasteiger partial charge in [0.25, 0.3) is 0 Å². The fourth-order valence-electron chi connectivity index (χ4n) is 3.65. The molecular formula is C20H19FN2O. The van der Waals surface area contributed by atoms with E-state index in [1.165, 1.54) is 43.5 Å². The van der Waals surface area contributed by atoms with Crippen LogP contribution >= 0.6 is 0 Å². The predicted molar refractivity (Wildman–Crippen MR) is 91.7 cm³/mol. The molecule has 0 bridgehead atoms. The topological polar surface area (TPSA) is 45.8 Å². The van der Waals surface area contributed by atoms with E-state index in [1.807, 2.05) is 6.07 Å². The average molecular weight is 322 g/mol.